The van der Waals surface area contributed by atoms with E-state index in [1.165, 1.54) is 5.57 Å². The second-order valence-electron chi connectivity index (χ2n) is 14.3. The summed E-state index contributed by atoms with van der Waals surface area (Å²) >= 11 is 0. The molecule has 0 saturated carbocycles. The standard InChI is InChI=1S/C40H44N8O4/c1-4-41-39-45-44-37(52-39)29-7-5-27(6-8-29)28-13-17-47(18-14-28)35(49)24-46-19-15-40(25-46)16-20-48(38(40)50)32-11-9-30-22-43-36(33(30)21-32)31-10-12-34(42-23-31)51-26(2)3/h5-13,21,23,26H,4,14-20,22,24-25H2,1-3H3,(H,41,45)/t40-/m0/s1. The maximum Gasteiger partial charge on any atom is 0.315 e. The molecular formula is C40H44N8O4. The number of fused-ring (bicyclic) bond motifs is 1. The molecule has 0 radical (unpaired) electrons. The van der Waals surface area contributed by atoms with E-state index in [0.717, 1.165) is 65.0 Å². The van der Waals surface area contributed by atoms with Crippen LogP contribution in [0.25, 0.3) is 17.0 Å². The van der Waals surface area contributed by atoms with E-state index in [9.17, 15) is 9.59 Å². The summed E-state index contributed by atoms with van der Waals surface area (Å²) in [7, 11) is 0. The molecule has 1 N–H and O–H groups in total. The second kappa shape index (κ2) is 14.0. The zero-order valence-electron chi connectivity index (χ0n) is 30.0. The van der Waals surface area contributed by atoms with E-state index >= 15 is 0 Å². The van der Waals surface area contributed by atoms with Gasteiger partial charge in [0.1, 0.15) is 0 Å². The van der Waals surface area contributed by atoms with Crippen LogP contribution in [-0.4, -0.2) is 94.4 Å². The number of likely N-dealkylation sites (tertiary alicyclic amines) is 1. The SMILES string of the molecule is CCNc1nnc(-c2ccc(C3=CCN(C(=O)CN4CC[C@]5(CCN(c6ccc7c(c6)C(c6ccc(OC(C)C)nc6)=NC7)C5=O)C4)CC3)cc2)o1. The molecule has 6 heterocycles. The fourth-order valence-electron chi connectivity index (χ4n) is 7.80. The van der Waals surface area contributed by atoms with Gasteiger partial charge >= 0.3 is 6.01 Å². The highest BCUT2D eigenvalue weighted by Crippen LogP contribution is 2.43. The maximum atomic E-state index is 14.1. The van der Waals surface area contributed by atoms with Crippen molar-refractivity contribution in [3.8, 4) is 17.3 Å². The highest BCUT2D eigenvalue weighted by Gasteiger charge is 2.51. The third-order valence-corrected chi connectivity index (χ3v) is 10.6. The Morgan fingerprint density at radius 1 is 1.00 bits per heavy atom. The molecule has 2 amide bonds. The lowest BCUT2D eigenvalue weighted by atomic mass is 9.85. The lowest BCUT2D eigenvalue weighted by Crippen LogP contribution is -2.43. The lowest BCUT2D eigenvalue weighted by Gasteiger charge is -2.29. The summed E-state index contributed by atoms with van der Waals surface area (Å²) < 4.78 is 11.4. The molecule has 1 atom stereocenters. The van der Waals surface area contributed by atoms with Gasteiger partial charge in [-0.05, 0) is 93.6 Å². The molecule has 2 aromatic heterocycles. The number of aromatic nitrogens is 3. The molecule has 2 saturated heterocycles. The van der Waals surface area contributed by atoms with Gasteiger partial charge in [0.25, 0.3) is 0 Å². The molecule has 12 heteroatoms. The molecule has 4 aliphatic heterocycles. The Hall–Kier alpha value is -5.36. The van der Waals surface area contributed by atoms with Crippen LogP contribution in [0.4, 0.5) is 11.7 Å². The molecule has 268 valence electrons. The van der Waals surface area contributed by atoms with Crippen LogP contribution in [0.5, 0.6) is 5.88 Å². The Morgan fingerprint density at radius 2 is 1.81 bits per heavy atom. The highest BCUT2D eigenvalue weighted by molar-refractivity contribution is 6.16. The molecule has 4 aromatic rings. The van der Waals surface area contributed by atoms with Crippen LogP contribution >= 0.6 is 0 Å². The highest BCUT2D eigenvalue weighted by atomic mass is 16.5. The van der Waals surface area contributed by atoms with Gasteiger partial charge in [-0.3, -0.25) is 19.5 Å². The number of aliphatic imine (C=N–C) groups is 1. The summed E-state index contributed by atoms with van der Waals surface area (Å²) in [6.45, 7) is 10.9. The Kier molecular flexibility index (Phi) is 9.08. The summed E-state index contributed by atoms with van der Waals surface area (Å²) in [5.74, 6) is 1.34. The molecule has 52 heavy (non-hydrogen) atoms. The van der Waals surface area contributed by atoms with E-state index in [2.05, 4.69) is 55.7 Å². The van der Waals surface area contributed by atoms with Crippen LogP contribution in [0.1, 0.15) is 62.3 Å². The van der Waals surface area contributed by atoms with E-state index in [1.54, 1.807) is 6.20 Å². The van der Waals surface area contributed by atoms with Crippen LogP contribution < -0.4 is 15.0 Å². The van der Waals surface area contributed by atoms with Crippen molar-refractivity contribution in [2.24, 2.45) is 10.4 Å². The number of pyridine rings is 1. The van der Waals surface area contributed by atoms with E-state index in [4.69, 9.17) is 14.1 Å². The minimum Gasteiger partial charge on any atom is -0.475 e. The lowest BCUT2D eigenvalue weighted by molar-refractivity contribution is -0.132. The minimum atomic E-state index is -0.456. The van der Waals surface area contributed by atoms with Gasteiger partial charge in [0.15, 0.2) is 0 Å². The molecule has 0 bridgehead atoms. The van der Waals surface area contributed by atoms with E-state index in [0.29, 0.717) is 63.6 Å². The molecule has 8 rings (SSSR count). The number of ether oxygens (including phenoxy) is 1. The van der Waals surface area contributed by atoms with E-state index < -0.39 is 5.41 Å². The smallest absolute Gasteiger partial charge is 0.315 e. The van der Waals surface area contributed by atoms with Gasteiger partial charge in [-0.15, -0.1) is 5.10 Å². The fourth-order valence-corrected chi connectivity index (χ4v) is 7.80. The van der Waals surface area contributed by atoms with Crippen molar-refractivity contribution in [3.05, 3.63) is 89.1 Å². The minimum absolute atomic E-state index is 0.0548. The van der Waals surface area contributed by atoms with Crippen molar-refractivity contribution in [1.29, 1.82) is 0 Å². The molecule has 4 aliphatic rings. The first-order chi connectivity index (χ1) is 25.3. The van der Waals surface area contributed by atoms with E-state index in [-0.39, 0.29) is 17.9 Å². The number of rotatable bonds is 10. The third-order valence-electron chi connectivity index (χ3n) is 10.6. The van der Waals surface area contributed by atoms with Crippen molar-refractivity contribution < 1.29 is 18.7 Å². The average Bonchev–Trinajstić information content (AvgIpc) is 3.96. The van der Waals surface area contributed by atoms with Crippen LogP contribution in [0, 0.1) is 5.41 Å². The quantitative estimate of drug-likeness (QED) is 0.230. The molecule has 2 aromatic carbocycles. The first-order valence-corrected chi connectivity index (χ1v) is 18.3. The van der Waals surface area contributed by atoms with Gasteiger partial charge in [-0.25, -0.2) is 4.98 Å². The van der Waals surface area contributed by atoms with Gasteiger partial charge in [0.2, 0.25) is 23.6 Å². The zero-order chi connectivity index (χ0) is 35.8. The van der Waals surface area contributed by atoms with Gasteiger partial charge in [-0.1, -0.05) is 29.4 Å². The first-order valence-electron chi connectivity index (χ1n) is 18.3. The Morgan fingerprint density at radius 3 is 2.56 bits per heavy atom. The van der Waals surface area contributed by atoms with Crippen LogP contribution in [-0.2, 0) is 16.1 Å². The predicted octanol–water partition coefficient (Wildman–Crippen LogP) is 5.45. The second-order valence-corrected chi connectivity index (χ2v) is 14.3. The fraction of sp³-hybridized carbons (Fsp3) is 0.400. The summed E-state index contributed by atoms with van der Waals surface area (Å²) in [4.78, 5) is 42.8. The molecule has 1 spiro atoms. The molecule has 12 nitrogen and oxygen atoms in total. The third kappa shape index (κ3) is 6.58. The topological polar surface area (TPSA) is 129 Å². The maximum absolute atomic E-state index is 14.1. The number of anilines is 2. The predicted molar refractivity (Wildman–Crippen MR) is 199 cm³/mol. The number of benzene rings is 2. The summed E-state index contributed by atoms with van der Waals surface area (Å²) in [5, 5.41) is 11.2. The van der Waals surface area contributed by atoms with Gasteiger partial charge < -0.3 is 24.3 Å². The number of carbonyl (C=O) groups is 2. The number of hydrogen-bond donors (Lipinski definition) is 1. The number of carbonyl (C=O) groups excluding carboxylic acids is 2. The number of amides is 2. The van der Waals surface area contributed by atoms with E-state index in [1.807, 2.05) is 60.9 Å². The van der Waals surface area contributed by atoms with Crippen LogP contribution in [0.2, 0.25) is 0 Å². The van der Waals surface area contributed by atoms with Crippen LogP contribution in [0.3, 0.4) is 0 Å². The Balaban J connectivity index is 0.864. The van der Waals surface area contributed by atoms with Crippen molar-refractivity contribution in [3.63, 3.8) is 0 Å². The normalized spacial score (nSPS) is 20.1. The first kappa shape index (κ1) is 33.8. The summed E-state index contributed by atoms with van der Waals surface area (Å²) in [5.41, 5.74) is 7.67. The zero-order valence-corrected chi connectivity index (χ0v) is 30.0. The Bertz CT molecular complexity index is 2040. The van der Waals surface area contributed by atoms with Crippen LogP contribution in [0.15, 0.2) is 76.3 Å². The van der Waals surface area contributed by atoms with Crippen molar-refractivity contribution >= 4 is 34.8 Å². The number of nitrogens with one attached hydrogen (secondary N) is 1. The van der Waals surface area contributed by atoms with Crippen molar-refractivity contribution in [2.45, 2.75) is 52.7 Å². The summed E-state index contributed by atoms with van der Waals surface area (Å²) in [6, 6.07) is 18.6. The molecular weight excluding hydrogens is 656 g/mol. The summed E-state index contributed by atoms with van der Waals surface area (Å²) in [6.07, 6.45) is 6.35. The van der Waals surface area contributed by atoms with Crippen molar-refractivity contribution in [2.75, 3.05) is 56.0 Å². The average molecular weight is 701 g/mol. The number of nitrogens with zero attached hydrogens (tertiary/aromatic N) is 7. The monoisotopic (exact) mass is 700 g/mol. The van der Waals surface area contributed by atoms with Gasteiger partial charge in [0, 0.05) is 67.4 Å². The molecule has 0 aliphatic carbocycles. The van der Waals surface area contributed by atoms with Gasteiger partial charge in [0.05, 0.1) is 30.3 Å². The number of hydrogen-bond acceptors (Lipinski definition) is 10. The largest absolute Gasteiger partial charge is 0.475 e. The van der Waals surface area contributed by atoms with Crippen molar-refractivity contribution in [1.82, 2.24) is 25.0 Å². The van der Waals surface area contributed by atoms with Gasteiger partial charge in [-0.2, -0.15) is 0 Å². The Labute approximate surface area is 303 Å². The molecule has 0 unspecified atom stereocenters. The molecule has 2 fully saturated rings.